The third-order valence-electron chi connectivity index (χ3n) is 3.18. The van der Waals surface area contributed by atoms with Crippen molar-refractivity contribution in [3.05, 3.63) is 23.8 Å². The number of ether oxygens (including phenoxy) is 1. The lowest BCUT2D eigenvalue weighted by Crippen LogP contribution is -2.41. The van der Waals surface area contributed by atoms with E-state index in [1.807, 2.05) is 12.1 Å². The number of phenolic OH excluding ortho intramolecular Hbond substituents is 1. The van der Waals surface area contributed by atoms with Crippen LogP contribution in [0.5, 0.6) is 11.5 Å². The van der Waals surface area contributed by atoms with E-state index in [9.17, 15) is 5.11 Å². The second kappa shape index (κ2) is 7.36. The van der Waals surface area contributed by atoms with Crippen molar-refractivity contribution in [3.8, 4) is 11.5 Å². The van der Waals surface area contributed by atoms with Gasteiger partial charge in [0.25, 0.3) is 0 Å². The van der Waals surface area contributed by atoms with Crippen molar-refractivity contribution < 1.29 is 9.84 Å². The maximum Gasteiger partial charge on any atom is 0.160 e. The van der Waals surface area contributed by atoms with Gasteiger partial charge in [0.15, 0.2) is 11.5 Å². The van der Waals surface area contributed by atoms with Crippen molar-refractivity contribution in [1.29, 1.82) is 0 Å². The Balaban J connectivity index is 2.63. The molecule has 4 heteroatoms. The Morgan fingerprint density at radius 3 is 2.53 bits per heavy atom. The Hall–Kier alpha value is -1.26. The number of rotatable bonds is 7. The summed E-state index contributed by atoms with van der Waals surface area (Å²) in [6.45, 7) is 6.22. The summed E-state index contributed by atoms with van der Waals surface area (Å²) in [5.74, 6) is 1.27. The minimum atomic E-state index is 0.181. The molecular formula is C15H26N2O2. The number of benzene rings is 1. The Kier molecular flexibility index (Phi) is 6.12. The Labute approximate surface area is 116 Å². The zero-order chi connectivity index (χ0) is 14.4. The fourth-order valence-corrected chi connectivity index (χ4v) is 1.99. The van der Waals surface area contributed by atoms with Gasteiger partial charge in [-0.2, -0.15) is 0 Å². The van der Waals surface area contributed by atoms with Crippen LogP contribution in [0.4, 0.5) is 0 Å². The molecule has 0 aliphatic carbocycles. The first-order valence-corrected chi connectivity index (χ1v) is 6.68. The smallest absolute Gasteiger partial charge is 0.160 e. The molecule has 0 fully saturated rings. The van der Waals surface area contributed by atoms with Gasteiger partial charge in [0, 0.05) is 19.1 Å². The molecule has 4 nitrogen and oxygen atoms in total. The fourth-order valence-electron chi connectivity index (χ4n) is 1.99. The van der Waals surface area contributed by atoms with Crippen LogP contribution in [0.1, 0.15) is 19.4 Å². The Morgan fingerprint density at radius 1 is 1.32 bits per heavy atom. The number of nitrogens with one attached hydrogen (secondary N) is 1. The standard InChI is InChI=1S/C15H26N2O2/c1-11(2)13(10-17(3)4)16-9-12-6-7-14(18)15(8-12)19-5/h6-8,11,13,16,18H,9-10H2,1-5H3. The maximum absolute atomic E-state index is 9.57. The lowest BCUT2D eigenvalue weighted by atomic mass is 10.0. The van der Waals surface area contributed by atoms with E-state index < -0.39 is 0 Å². The summed E-state index contributed by atoms with van der Waals surface area (Å²) in [6, 6.07) is 5.90. The number of methoxy groups -OCH3 is 1. The number of phenols is 1. The molecule has 0 saturated heterocycles. The minimum Gasteiger partial charge on any atom is -0.504 e. The van der Waals surface area contributed by atoms with Gasteiger partial charge in [0.2, 0.25) is 0 Å². The van der Waals surface area contributed by atoms with E-state index in [4.69, 9.17) is 4.74 Å². The van der Waals surface area contributed by atoms with Crippen molar-refractivity contribution in [1.82, 2.24) is 10.2 Å². The fraction of sp³-hybridized carbons (Fsp3) is 0.600. The van der Waals surface area contributed by atoms with Crippen LogP contribution >= 0.6 is 0 Å². The van der Waals surface area contributed by atoms with Gasteiger partial charge in [-0.25, -0.2) is 0 Å². The average molecular weight is 266 g/mol. The van der Waals surface area contributed by atoms with Gasteiger partial charge in [0.1, 0.15) is 0 Å². The molecule has 0 aliphatic heterocycles. The van der Waals surface area contributed by atoms with E-state index in [0.717, 1.165) is 18.7 Å². The van der Waals surface area contributed by atoms with Gasteiger partial charge in [-0.1, -0.05) is 19.9 Å². The summed E-state index contributed by atoms with van der Waals surface area (Å²) in [6.07, 6.45) is 0. The zero-order valence-electron chi connectivity index (χ0n) is 12.6. The first kappa shape index (κ1) is 15.8. The largest absolute Gasteiger partial charge is 0.504 e. The normalized spacial score (nSPS) is 13.0. The van der Waals surface area contributed by atoms with Crippen LogP contribution in [-0.2, 0) is 6.54 Å². The van der Waals surface area contributed by atoms with Crippen LogP contribution < -0.4 is 10.1 Å². The van der Waals surface area contributed by atoms with Crippen LogP contribution in [0, 0.1) is 5.92 Å². The van der Waals surface area contributed by atoms with Crippen LogP contribution in [0.2, 0.25) is 0 Å². The maximum atomic E-state index is 9.57. The van der Waals surface area contributed by atoms with Crippen molar-refractivity contribution in [2.24, 2.45) is 5.92 Å². The van der Waals surface area contributed by atoms with Crippen LogP contribution in [0.25, 0.3) is 0 Å². The molecule has 0 heterocycles. The lowest BCUT2D eigenvalue weighted by Gasteiger charge is -2.26. The Bertz CT molecular complexity index is 392. The van der Waals surface area contributed by atoms with Crippen LogP contribution in [0.3, 0.4) is 0 Å². The average Bonchev–Trinajstić information content (AvgIpc) is 2.35. The van der Waals surface area contributed by atoms with Crippen molar-refractivity contribution in [2.75, 3.05) is 27.7 Å². The van der Waals surface area contributed by atoms with E-state index >= 15 is 0 Å². The number of aromatic hydroxyl groups is 1. The third-order valence-corrected chi connectivity index (χ3v) is 3.18. The highest BCUT2D eigenvalue weighted by molar-refractivity contribution is 5.41. The first-order chi connectivity index (χ1) is 8.93. The number of likely N-dealkylation sites (N-methyl/N-ethyl adjacent to an activating group) is 1. The molecule has 1 unspecified atom stereocenters. The molecule has 0 bridgehead atoms. The monoisotopic (exact) mass is 266 g/mol. The van der Waals surface area contributed by atoms with Crippen molar-refractivity contribution in [2.45, 2.75) is 26.4 Å². The van der Waals surface area contributed by atoms with Gasteiger partial charge >= 0.3 is 0 Å². The van der Waals surface area contributed by atoms with E-state index in [2.05, 4.69) is 38.2 Å². The molecule has 0 saturated carbocycles. The second-order valence-corrected chi connectivity index (χ2v) is 5.50. The van der Waals surface area contributed by atoms with Gasteiger partial charge in [-0.15, -0.1) is 0 Å². The van der Waals surface area contributed by atoms with Gasteiger partial charge < -0.3 is 20.1 Å². The summed E-state index contributed by atoms with van der Waals surface area (Å²) < 4.78 is 5.12. The number of nitrogens with zero attached hydrogens (tertiary/aromatic N) is 1. The predicted molar refractivity (Wildman–Crippen MR) is 78.7 cm³/mol. The molecule has 1 aromatic carbocycles. The van der Waals surface area contributed by atoms with Crippen LogP contribution in [0.15, 0.2) is 18.2 Å². The molecule has 2 N–H and O–H groups in total. The molecule has 1 aromatic rings. The predicted octanol–water partition coefficient (Wildman–Crippen LogP) is 2.08. The molecule has 0 aromatic heterocycles. The molecule has 1 rings (SSSR count). The molecule has 108 valence electrons. The molecule has 0 amide bonds. The summed E-state index contributed by atoms with van der Waals surface area (Å²) in [7, 11) is 5.73. The van der Waals surface area contributed by atoms with E-state index in [1.165, 1.54) is 0 Å². The quantitative estimate of drug-likeness (QED) is 0.793. The topological polar surface area (TPSA) is 44.7 Å². The third kappa shape index (κ3) is 5.09. The zero-order valence-corrected chi connectivity index (χ0v) is 12.6. The molecule has 1 atom stereocenters. The van der Waals surface area contributed by atoms with Gasteiger partial charge in [-0.3, -0.25) is 0 Å². The molecule has 19 heavy (non-hydrogen) atoms. The highest BCUT2D eigenvalue weighted by Gasteiger charge is 2.14. The van der Waals surface area contributed by atoms with Gasteiger partial charge in [-0.05, 0) is 37.7 Å². The van der Waals surface area contributed by atoms with E-state index in [0.29, 0.717) is 17.7 Å². The van der Waals surface area contributed by atoms with Crippen LogP contribution in [-0.4, -0.2) is 43.8 Å². The lowest BCUT2D eigenvalue weighted by molar-refractivity contribution is 0.288. The molecule has 0 spiro atoms. The summed E-state index contributed by atoms with van der Waals surface area (Å²) in [5, 5.41) is 13.1. The van der Waals surface area contributed by atoms with Crippen molar-refractivity contribution in [3.63, 3.8) is 0 Å². The highest BCUT2D eigenvalue weighted by Crippen LogP contribution is 2.26. The SMILES string of the molecule is COc1cc(CNC(CN(C)C)C(C)C)ccc1O. The molecule has 0 radical (unpaired) electrons. The molecular weight excluding hydrogens is 240 g/mol. The molecule has 0 aliphatic rings. The van der Waals surface area contributed by atoms with E-state index in [-0.39, 0.29) is 5.75 Å². The summed E-state index contributed by atoms with van der Waals surface area (Å²) in [5.41, 5.74) is 1.11. The minimum absolute atomic E-state index is 0.181. The number of hydrogen-bond donors (Lipinski definition) is 2. The van der Waals surface area contributed by atoms with E-state index in [1.54, 1.807) is 13.2 Å². The summed E-state index contributed by atoms with van der Waals surface area (Å²) >= 11 is 0. The number of hydrogen-bond acceptors (Lipinski definition) is 4. The highest BCUT2D eigenvalue weighted by atomic mass is 16.5. The Morgan fingerprint density at radius 2 is 2.00 bits per heavy atom. The second-order valence-electron chi connectivity index (χ2n) is 5.50. The first-order valence-electron chi connectivity index (χ1n) is 6.68. The van der Waals surface area contributed by atoms with Gasteiger partial charge in [0.05, 0.1) is 7.11 Å². The van der Waals surface area contributed by atoms with Crippen molar-refractivity contribution >= 4 is 0 Å². The summed E-state index contributed by atoms with van der Waals surface area (Å²) in [4.78, 5) is 2.19.